The number of benzene rings is 1. The molecular formula is C21H18N4OS. The first-order valence-corrected chi connectivity index (χ1v) is 9.72. The van der Waals surface area contributed by atoms with E-state index in [9.17, 15) is 4.79 Å². The van der Waals surface area contributed by atoms with E-state index in [0.717, 1.165) is 21.8 Å². The number of thiazole rings is 1. The lowest BCUT2D eigenvalue weighted by molar-refractivity contribution is -0.132. The van der Waals surface area contributed by atoms with Crippen molar-refractivity contribution in [2.75, 3.05) is 0 Å². The highest BCUT2D eigenvalue weighted by Gasteiger charge is 2.36. The van der Waals surface area contributed by atoms with E-state index in [-0.39, 0.29) is 17.7 Å². The average Bonchev–Trinajstić information content (AvgIpc) is 3.21. The first-order chi connectivity index (χ1) is 13.2. The summed E-state index contributed by atoms with van der Waals surface area (Å²) in [4.78, 5) is 26.0. The molecule has 1 amide bonds. The van der Waals surface area contributed by atoms with E-state index in [1.165, 1.54) is 4.88 Å². The molecule has 27 heavy (non-hydrogen) atoms. The SMILES string of the molecule is Cc1cn2cc(CN3C=CC4C(c5ccccc5)=CN=CC4C3=O)nc2s1. The molecule has 2 aliphatic rings. The number of hydrogen-bond donors (Lipinski definition) is 0. The summed E-state index contributed by atoms with van der Waals surface area (Å²) in [5.41, 5.74) is 3.09. The molecule has 1 aromatic carbocycles. The molecule has 2 atom stereocenters. The summed E-state index contributed by atoms with van der Waals surface area (Å²) < 4.78 is 2.02. The number of rotatable bonds is 3. The van der Waals surface area contributed by atoms with Crippen molar-refractivity contribution in [2.24, 2.45) is 16.8 Å². The fourth-order valence-corrected chi connectivity index (χ4v) is 4.56. The molecule has 5 rings (SSSR count). The highest BCUT2D eigenvalue weighted by Crippen LogP contribution is 2.36. The largest absolute Gasteiger partial charge is 0.313 e. The zero-order valence-electron chi connectivity index (χ0n) is 14.8. The molecule has 0 spiro atoms. The molecule has 2 aliphatic heterocycles. The van der Waals surface area contributed by atoms with E-state index in [0.29, 0.717) is 6.54 Å². The topological polar surface area (TPSA) is 50.0 Å². The Morgan fingerprint density at radius 3 is 2.81 bits per heavy atom. The lowest BCUT2D eigenvalue weighted by Gasteiger charge is -2.33. The fraction of sp³-hybridized carbons (Fsp3) is 0.190. The number of aryl methyl sites for hydroxylation is 1. The summed E-state index contributed by atoms with van der Waals surface area (Å²) in [6, 6.07) is 10.1. The van der Waals surface area contributed by atoms with Crippen molar-refractivity contribution in [2.45, 2.75) is 13.5 Å². The number of nitrogens with zero attached hydrogens (tertiary/aromatic N) is 4. The maximum absolute atomic E-state index is 13.1. The molecule has 2 unspecified atom stereocenters. The molecule has 0 radical (unpaired) electrons. The van der Waals surface area contributed by atoms with Gasteiger partial charge in [-0.3, -0.25) is 14.2 Å². The van der Waals surface area contributed by atoms with Crippen LogP contribution >= 0.6 is 11.3 Å². The zero-order valence-corrected chi connectivity index (χ0v) is 15.6. The Morgan fingerprint density at radius 2 is 2.00 bits per heavy atom. The van der Waals surface area contributed by atoms with Crippen molar-refractivity contribution in [1.29, 1.82) is 0 Å². The molecule has 6 heteroatoms. The van der Waals surface area contributed by atoms with Crippen LogP contribution in [-0.4, -0.2) is 26.4 Å². The van der Waals surface area contributed by atoms with Crippen LogP contribution in [-0.2, 0) is 11.3 Å². The van der Waals surface area contributed by atoms with E-state index in [1.54, 1.807) is 22.5 Å². The number of aromatic nitrogens is 2. The standard InChI is InChI=1S/C21H18N4OS/c1-14-11-25-13-16(23-21(25)27-14)12-24-8-7-17-18(15-5-3-2-4-6-15)9-22-10-19(17)20(24)26/h2-11,13,17,19H,12H2,1H3. The van der Waals surface area contributed by atoms with Crippen LogP contribution in [0.5, 0.6) is 0 Å². The Hall–Kier alpha value is -2.99. The van der Waals surface area contributed by atoms with Crippen molar-refractivity contribution in [3.8, 4) is 0 Å². The van der Waals surface area contributed by atoms with Crippen molar-refractivity contribution >= 4 is 34.0 Å². The molecule has 3 aromatic rings. The molecule has 0 N–H and O–H groups in total. The van der Waals surface area contributed by atoms with Crippen LogP contribution in [0.1, 0.15) is 16.1 Å². The number of carbonyl (C=O) groups excluding carboxylic acids is 1. The Labute approximate surface area is 161 Å². The number of amides is 1. The van der Waals surface area contributed by atoms with Gasteiger partial charge < -0.3 is 4.90 Å². The third-order valence-corrected chi connectivity index (χ3v) is 5.92. The van der Waals surface area contributed by atoms with Crippen LogP contribution in [0.25, 0.3) is 10.5 Å². The summed E-state index contributed by atoms with van der Waals surface area (Å²) in [7, 11) is 0. The molecule has 0 saturated heterocycles. The van der Waals surface area contributed by atoms with E-state index in [1.807, 2.05) is 41.2 Å². The third kappa shape index (κ3) is 2.82. The summed E-state index contributed by atoms with van der Waals surface area (Å²) in [5.74, 6) is -0.164. The van der Waals surface area contributed by atoms with Gasteiger partial charge in [0.1, 0.15) is 0 Å². The monoisotopic (exact) mass is 374 g/mol. The predicted molar refractivity (Wildman–Crippen MR) is 107 cm³/mol. The van der Waals surface area contributed by atoms with Gasteiger partial charge in [0, 0.05) is 41.8 Å². The Bertz CT molecular complexity index is 1070. The second-order valence-corrected chi connectivity index (χ2v) is 8.08. The van der Waals surface area contributed by atoms with Crippen molar-refractivity contribution in [3.05, 3.63) is 77.3 Å². The van der Waals surface area contributed by atoms with Crippen LogP contribution in [0.15, 0.2) is 66.2 Å². The van der Waals surface area contributed by atoms with Crippen LogP contribution in [0.2, 0.25) is 0 Å². The molecular weight excluding hydrogens is 356 g/mol. The minimum absolute atomic E-state index is 0.0294. The van der Waals surface area contributed by atoms with Crippen LogP contribution < -0.4 is 0 Å². The van der Waals surface area contributed by atoms with Gasteiger partial charge in [0.25, 0.3) is 0 Å². The van der Waals surface area contributed by atoms with Gasteiger partial charge in [-0.15, -0.1) is 11.3 Å². The van der Waals surface area contributed by atoms with E-state index >= 15 is 0 Å². The lowest BCUT2D eigenvalue weighted by Crippen LogP contribution is -2.40. The van der Waals surface area contributed by atoms with E-state index < -0.39 is 0 Å². The first kappa shape index (κ1) is 16.2. The van der Waals surface area contributed by atoms with Crippen molar-refractivity contribution in [1.82, 2.24) is 14.3 Å². The minimum atomic E-state index is -0.263. The highest BCUT2D eigenvalue weighted by molar-refractivity contribution is 7.16. The summed E-state index contributed by atoms with van der Waals surface area (Å²) in [6.07, 6.45) is 11.7. The summed E-state index contributed by atoms with van der Waals surface area (Å²) >= 11 is 1.65. The smallest absolute Gasteiger partial charge is 0.236 e. The molecule has 5 nitrogen and oxygen atoms in total. The number of fused-ring (bicyclic) bond motifs is 2. The number of carbonyl (C=O) groups is 1. The fourth-order valence-electron chi connectivity index (χ4n) is 3.73. The first-order valence-electron chi connectivity index (χ1n) is 8.90. The van der Waals surface area contributed by atoms with E-state index in [4.69, 9.17) is 0 Å². The number of hydrogen-bond acceptors (Lipinski definition) is 4. The number of imidazole rings is 1. The summed E-state index contributed by atoms with van der Waals surface area (Å²) in [5, 5.41) is 0. The zero-order chi connectivity index (χ0) is 18.4. The molecule has 0 fully saturated rings. The van der Waals surface area contributed by atoms with Crippen molar-refractivity contribution < 1.29 is 4.79 Å². The highest BCUT2D eigenvalue weighted by atomic mass is 32.1. The van der Waals surface area contributed by atoms with Gasteiger partial charge in [0.15, 0.2) is 4.96 Å². The third-order valence-electron chi connectivity index (χ3n) is 5.01. The van der Waals surface area contributed by atoms with Crippen LogP contribution in [0, 0.1) is 18.8 Å². The minimum Gasteiger partial charge on any atom is -0.313 e. The normalized spacial score (nSPS) is 21.6. The maximum atomic E-state index is 13.1. The van der Waals surface area contributed by atoms with E-state index in [2.05, 4.69) is 41.3 Å². The average molecular weight is 374 g/mol. The van der Waals surface area contributed by atoms with Gasteiger partial charge in [0.2, 0.25) is 5.91 Å². The molecule has 134 valence electrons. The van der Waals surface area contributed by atoms with Gasteiger partial charge in [-0.25, -0.2) is 4.98 Å². The predicted octanol–water partition coefficient (Wildman–Crippen LogP) is 3.92. The van der Waals surface area contributed by atoms with Gasteiger partial charge in [-0.2, -0.15) is 0 Å². The second-order valence-electron chi connectivity index (χ2n) is 6.87. The van der Waals surface area contributed by atoms with Crippen LogP contribution in [0.4, 0.5) is 0 Å². The lowest BCUT2D eigenvalue weighted by atomic mass is 9.79. The summed E-state index contributed by atoms with van der Waals surface area (Å²) in [6.45, 7) is 2.54. The molecule has 0 saturated carbocycles. The molecule has 0 aliphatic carbocycles. The molecule has 4 heterocycles. The maximum Gasteiger partial charge on any atom is 0.236 e. The molecule has 0 bridgehead atoms. The van der Waals surface area contributed by atoms with Gasteiger partial charge in [-0.1, -0.05) is 36.4 Å². The Kier molecular flexibility index (Phi) is 3.79. The van der Waals surface area contributed by atoms with Crippen molar-refractivity contribution in [3.63, 3.8) is 0 Å². The number of aliphatic imine (C=N–C) groups is 1. The number of allylic oxidation sites excluding steroid dienone is 2. The van der Waals surface area contributed by atoms with Crippen LogP contribution in [0.3, 0.4) is 0 Å². The quantitative estimate of drug-likeness (QED) is 0.698. The Morgan fingerprint density at radius 1 is 1.15 bits per heavy atom. The van der Waals surface area contributed by atoms with Gasteiger partial charge in [-0.05, 0) is 18.1 Å². The van der Waals surface area contributed by atoms with Gasteiger partial charge in [0.05, 0.1) is 18.2 Å². The molecule has 2 aromatic heterocycles. The second kappa shape index (κ2) is 6.32. The van der Waals surface area contributed by atoms with Gasteiger partial charge >= 0.3 is 0 Å². The Balaban J connectivity index is 1.41.